The normalized spacial score (nSPS) is 14.9. The number of amides is 1. The van der Waals surface area contributed by atoms with Crippen LogP contribution in [-0.2, 0) is 19.6 Å². The Morgan fingerprint density at radius 2 is 1.75 bits per heavy atom. The Bertz CT molecular complexity index is 1700. The van der Waals surface area contributed by atoms with Gasteiger partial charge in [-0.2, -0.15) is 4.31 Å². The second kappa shape index (κ2) is 13.7. The third-order valence-corrected chi connectivity index (χ3v) is 9.27. The van der Waals surface area contributed by atoms with E-state index < -0.39 is 22.5 Å². The van der Waals surface area contributed by atoms with Crippen molar-refractivity contribution in [3.63, 3.8) is 0 Å². The molecular weight excluding hydrogens is 608 g/mol. The number of nitrogens with one attached hydrogen (secondary N) is 1. The Morgan fingerprint density at radius 1 is 1.02 bits per heavy atom. The molecule has 0 spiro atoms. The number of hydrogen-bond acceptors (Lipinski definition) is 8. The Hall–Kier alpha value is -4.10. The molecule has 2 heterocycles. The van der Waals surface area contributed by atoms with Gasteiger partial charge in [-0.3, -0.25) is 14.7 Å². The molecule has 1 amide bonds. The maximum Gasteiger partial charge on any atom is 0.243 e. The van der Waals surface area contributed by atoms with Crippen LogP contribution >= 0.6 is 11.6 Å². The fraction of sp³-hybridized carbons (Fsp3) is 0.290. The number of benzene rings is 3. The van der Waals surface area contributed by atoms with Crippen LogP contribution in [-0.4, -0.2) is 75.3 Å². The second-order valence-corrected chi connectivity index (χ2v) is 12.4. The smallest absolute Gasteiger partial charge is 0.243 e. The lowest BCUT2D eigenvalue weighted by Crippen LogP contribution is -2.42. The molecule has 5 rings (SSSR count). The quantitative estimate of drug-likeness (QED) is 0.229. The molecule has 0 aliphatic carbocycles. The molecule has 44 heavy (non-hydrogen) atoms. The van der Waals surface area contributed by atoms with E-state index in [2.05, 4.69) is 10.3 Å². The van der Waals surface area contributed by atoms with Gasteiger partial charge in [0.25, 0.3) is 0 Å². The van der Waals surface area contributed by atoms with Gasteiger partial charge in [0.2, 0.25) is 21.9 Å². The Labute approximate surface area is 261 Å². The molecule has 232 valence electrons. The number of imidazole rings is 1. The zero-order chi connectivity index (χ0) is 31.3. The van der Waals surface area contributed by atoms with E-state index >= 15 is 0 Å². The SMILES string of the molecule is COc1ccc(S(=O)(=O)N(CC(=O)Nc2nc(-c3ccc(Cl)cc3)cn2-c2ccc(OC)c(OC)c2)CC2CCCO2)cc1. The molecule has 11 nitrogen and oxygen atoms in total. The Kier molecular flexibility index (Phi) is 9.74. The third-order valence-electron chi connectivity index (χ3n) is 7.19. The number of rotatable bonds is 12. The fourth-order valence-electron chi connectivity index (χ4n) is 4.88. The Morgan fingerprint density at radius 3 is 2.39 bits per heavy atom. The highest BCUT2D eigenvalue weighted by atomic mass is 35.5. The van der Waals surface area contributed by atoms with Crippen molar-refractivity contribution in [2.75, 3.05) is 46.3 Å². The fourth-order valence-corrected chi connectivity index (χ4v) is 6.44. The Balaban J connectivity index is 1.47. The van der Waals surface area contributed by atoms with Gasteiger partial charge in [0.05, 0.1) is 50.3 Å². The van der Waals surface area contributed by atoms with Crippen molar-refractivity contribution < 1.29 is 32.2 Å². The molecule has 13 heteroatoms. The number of carbonyl (C=O) groups is 1. The summed E-state index contributed by atoms with van der Waals surface area (Å²) in [4.78, 5) is 18.3. The summed E-state index contributed by atoms with van der Waals surface area (Å²) in [7, 11) is 0.521. The number of anilines is 1. The predicted octanol–water partition coefficient (Wildman–Crippen LogP) is 5.03. The topological polar surface area (TPSA) is 121 Å². The number of halogens is 1. The molecule has 1 N–H and O–H groups in total. The van der Waals surface area contributed by atoms with E-state index in [0.29, 0.717) is 46.7 Å². The molecular formula is C31H33ClN4O7S. The summed E-state index contributed by atoms with van der Waals surface area (Å²) in [5.41, 5.74) is 1.97. The molecule has 1 aromatic heterocycles. The summed E-state index contributed by atoms with van der Waals surface area (Å²) in [6.07, 6.45) is 2.97. The molecule has 1 unspecified atom stereocenters. The lowest BCUT2D eigenvalue weighted by molar-refractivity contribution is -0.116. The van der Waals surface area contributed by atoms with Gasteiger partial charge in [0.15, 0.2) is 11.5 Å². The number of sulfonamides is 1. The minimum Gasteiger partial charge on any atom is -0.497 e. The largest absolute Gasteiger partial charge is 0.497 e. The predicted molar refractivity (Wildman–Crippen MR) is 166 cm³/mol. The van der Waals surface area contributed by atoms with Crippen molar-refractivity contribution in [3.8, 4) is 34.2 Å². The van der Waals surface area contributed by atoms with Gasteiger partial charge in [0, 0.05) is 36.0 Å². The summed E-state index contributed by atoms with van der Waals surface area (Å²) in [6.45, 7) is 0.120. The molecule has 0 radical (unpaired) electrons. The van der Waals surface area contributed by atoms with Crippen LogP contribution in [0.5, 0.6) is 17.2 Å². The van der Waals surface area contributed by atoms with Gasteiger partial charge in [0.1, 0.15) is 5.75 Å². The first-order valence-electron chi connectivity index (χ1n) is 13.8. The van der Waals surface area contributed by atoms with Crippen LogP contribution in [0.3, 0.4) is 0 Å². The van der Waals surface area contributed by atoms with E-state index in [4.69, 9.17) is 30.5 Å². The molecule has 1 fully saturated rings. The first kappa shape index (κ1) is 31.3. The van der Waals surface area contributed by atoms with Crippen molar-refractivity contribution in [2.24, 2.45) is 0 Å². The number of carbonyl (C=O) groups excluding carboxylic acids is 1. The highest BCUT2D eigenvalue weighted by molar-refractivity contribution is 7.89. The van der Waals surface area contributed by atoms with Crippen molar-refractivity contribution in [1.29, 1.82) is 0 Å². The van der Waals surface area contributed by atoms with Crippen molar-refractivity contribution >= 4 is 33.5 Å². The van der Waals surface area contributed by atoms with Crippen LogP contribution in [0.4, 0.5) is 5.95 Å². The minimum absolute atomic E-state index is 0.0297. The van der Waals surface area contributed by atoms with Crippen LogP contribution < -0.4 is 19.5 Å². The number of hydrogen-bond donors (Lipinski definition) is 1. The zero-order valence-corrected chi connectivity index (χ0v) is 26.1. The first-order valence-corrected chi connectivity index (χ1v) is 15.7. The highest BCUT2D eigenvalue weighted by Crippen LogP contribution is 2.32. The number of nitrogens with zero attached hydrogens (tertiary/aromatic N) is 3. The molecule has 1 atom stereocenters. The van der Waals surface area contributed by atoms with Gasteiger partial charge < -0.3 is 18.9 Å². The molecule has 1 aliphatic heterocycles. The van der Waals surface area contributed by atoms with Crippen molar-refractivity contribution in [1.82, 2.24) is 13.9 Å². The van der Waals surface area contributed by atoms with Gasteiger partial charge >= 0.3 is 0 Å². The van der Waals surface area contributed by atoms with Crippen LogP contribution in [0.15, 0.2) is 77.8 Å². The summed E-state index contributed by atoms with van der Waals surface area (Å²) in [6, 6.07) is 18.5. The zero-order valence-electron chi connectivity index (χ0n) is 24.5. The molecule has 1 aliphatic rings. The molecule has 0 saturated carbocycles. The number of ether oxygens (including phenoxy) is 4. The lowest BCUT2D eigenvalue weighted by Gasteiger charge is -2.24. The van der Waals surface area contributed by atoms with Gasteiger partial charge in [-0.25, -0.2) is 13.4 Å². The molecule has 0 bridgehead atoms. The van der Waals surface area contributed by atoms with E-state index in [1.54, 1.807) is 60.3 Å². The van der Waals surface area contributed by atoms with Gasteiger partial charge in [-0.05, 0) is 61.4 Å². The van der Waals surface area contributed by atoms with E-state index in [9.17, 15) is 13.2 Å². The molecule has 3 aromatic carbocycles. The standard InChI is InChI=1S/C31H33ClN4O7S/c1-40-24-11-13-26(14-12-24)44(38,39)35(18-25-5-4-16-43-25)20-30(37)34-31-33-27(21-6-8-22(32)9-7-21)19-36(31)23-10-15-28(41-2)29(17-23)42-3/h6-15,17,19,25H,4-5,16,18,20H2,1-3H3,(H,33,34,37). The number of methoxy groups -OCH3 is 3. The maximum absolute atomic E-state index is 13.7. The van der Waals surface area contributed by atoms with E-state index in [-0.39, 0.29) is 23.5 Å². The van der Waals surface area contributed by atoms with Crippen molar-refractivity contribution in [2.45, 2.75) is 23.8 Å². The summed E-state index contributed by atoms with van der Waals surface area (Å²) < 4.78 is 52.1. The van der Waals surface area contributed by atoms with Crippen LogP contribution in [0, 0.1) is 0 Å². The van der Waals surface area contributed by atoms with Gasteiger partial charge in [-0.15, -0.1) is 0 Å². The van der Waals surface area contributed by atoms with E-state index in [1.807, 2.05) is 12.1 Å². The monoisotopic (exact) mass is 640 g/mol. The van der Waals surface area contributed by atoms with E-state index in [1.165, 1.54) is 26.4 Å². The summed E-state index contributed by atoms with van der Waals surface area (Å²) in [5.74, 6) is 1.15. The van der Waals surface area contributed by atoms with Crippen molar-refractivity contribution in [3.05, 3.63) is 77.9 Å². The van der Waals surface area contributed by atoms with Crippen LogP contribution in [0.25, 0.3) is 16.9 Å². The average molecular weight is 641 g/mol. The van der Waals surface area contributed by atoms with Crippen LogP contribution in [0.2, 0.25) is 5.02 Å². The van der Waals surface area contributed by atoms with Crippen LogP contribution in [0.1, 0.15) is 12.8 Å². The molecule has 4 aromatic rings. The second-order valence-electron chi connectivity index (χ2n) is 10.0. The van der Waals surface area contributed by atoms with Gasteiger partial charge in [-0.1, -0.05) is 23.7 Å². The lowest BCUT2D eigenvalue weighted by atomic mass is 10.2. The van der Waals surface area contributed by atoms with E-state index in [0.717, 1.165) is 16.3 Å². The summed E-state index contributed by atoms with van der Waals surface area (Å²) >= 11 is 6.09. The number of aromatic nitrogens is 2. The maximum atomic E-state index is 13.7. The third kappa shape index (κ3) is 6.99. The molecule has 1 saturated heterocycles. The summed E-state index contributed by atoms with van der Waals surface area (Å²) in [5, 5.41) is 3.40. The minimum atomic E-state index is -4.05. The first-order chi connectivity index (χ1) is 21.2. The highest BCUT2D eigenvalue weighted by Gasteiger charge is 2.31. The average Bonchev–Trinajstić information content (AvgIpc) is 3.71.